The summed E-state index contributed by atoms with van der Waals surface area (Å²) in [5, 5.41) is 0. The minimum atomic E-state index is -3.59. The van der Waals surface area contributed by atoms with E-state index in [1.165, 1.54) is 0 Å². The topological polar surface area (TPSA) is 43.4 Å². The van der Waals surface area contributed by atoms with Crippen molar-refractivity contribution in [2.45, 2.75) is 38.2 Å². The molecular formula is C11H16O3S. The van der Waals surface area contributed by atoms with Gasteiger partial charge in [-0.3, -0.25) is 4.18 Å². The van der Waals surface area contributed by atoms with Gasteiger partial charge < -0.3 is 0 Å². The highest BCUT2D eigenvalue weighted by atomic mass is 32.2. The lowest BCUT2D eigenvalue weighted by Crippen LogP contribution is -2.14. The van der Waals surface area contributed by atoms with Gasteiger partial charge in [0.15, 0.2) is 0 Å². The van der Waals surface area contributed by atoms with Crippen LogP contribution in [0.25, 0.3) is 0 Å². The fourth-order valence-corrected chi connectivity index (χ4v) is 2.19. The molecule has 0 N–H and O–H groups in total. The van der Waals surface area contributed by atoms with Crippen LogP contribution in [0.15, 0.2) is 29.2 Å². The van der Waals surface area contributed by atoms with Crippen molar-refractivity contribution in [2.24, 2.45) is 0 Å². The number of hydrogen-bond donors (Lipinski definition) is 0. The smallest absolute Gasteiger partial charge is 0.263 e. The van der Waals surface area contributed by atoms with Gasteiger partial charge in [-0.25, -0.2) is 0 Å². The third-order valence-corrected chi connectivity index (χ3v) is 3.61. The van der Waals surface area contributed by atoms with E-state index in [2.05, 4.69) is 0 Å². The predicted octanol–water partition coefficient (Wildman–Crippen LogP) is 2.50. The molecule has 15 heavy (non-hydrogen) atoms. The van der Waals surface area contributed by atoms with Gasteiger partial charge in [-0.15, -0.1) is 0 Å². The highest BCUT2D eigenvalue weighted by molar-refractivity contribution is 7.86. The normalized spacial score (nSPS) is 13.8. The molecule has 0 aliphatic rings. The first-order valence-electron chi connectivity index (χ1n) is 4.95. The van der Waals surface area contributed by atoms with Crippen LogP contribution < -0.4 is 0 Å². The van der Waals surface area contributed by atoms with Gasteiger partial charge >= 0.3 is 0 Å². The van der Waals surface area contributed by atoms with E-state index in [0.717, 1.165) is 5.56 Å². The summed E-state index contributed by atoms with van der Waals surface area (Å²) in [6.45, 7) is 5.53. The van der Waals surface area contributed by atoms with Crippen LogP contribution in [0.3, 0.4) is 0 Å². The summed E-state index contributed by atoms with van der Waals surface area (Å²) in [7, 11) is -3.59. The van der Waals surface area contributed by atoms with Gasteiger partial charge in [0.05, 0.1) is 11.0 Å². The van der Waals surface area contributed by atoms with Gasteiger partial charge in [-0.2, -0.15) is 8.42 Å². The Bertz CT molecular complexity index is 406. The summed E-state index contributed by atoms with van der Waals surface area (Å²) >= 11 is 0. The van der Waals surface area contributed by atoms with E-state index in [1.54, 1.807) is 31.2 Å². The quantitative estimate of drug-likeness (QED) is 0.744. The Morgan fingerprint density at radius 1 is 1.27 bits per heavy atom. The average Bonchev–Trinajstić information content (AvgIpc) is 2.17. The molecule has 4 heteroatoms. The van der Waals surface area contributed by atoms with Crippen LogP contribution in [0.1, 0.15) is 25.8 Å². The zero-order chi connectivity index (χ0) is 11.5. The molecule has 1 aromatic rings. The van der Waals surface area contributed by atoms with Gasteiger partial charge in [0, 0.05) is 0 Å². The summed E-state index contributed by atoms with van der Waals surface area (Å²) in [6.07, 6.45) is 0.391. The molecular weight excluding hydrogens is 212 g/mol. The second kappa shape index (κ2) is 4.77. The second-order valence-electron chi connectivity index (χ2n) is 3.58. The molecule has 0 radical (unpaired) electrons. The van der Waals surface area contributed by atoms with Crippen molar-refractivity contribution in [1.29, 1.82) is 0 Å². The zero-order valence-corrected chi connectivity index (χ0v) is 10.0. The minimum absolute atomic E-state index is 0.216. The molecule has 0 fully saturated rings. The van der Waals surface area contributed by atoms with Crippen LogP contribution in [0, 0.1) is 6.92 Å². The SMILES string of the molecule is CC[C@@H](C)OS(=O)(=O)c1ccc(C)cc1. The minimum Gasteiger partial charge on any atom is -0.263 e. The van der Waals surface area contributed by atoms with Gasteiger partial charge in [-0.1, -0.05) is 24.6 Å². The number of hydrogen-bond acceptors (Lipinski definition) is 3. The molecule has 0 saturated heterocycles. The zero-order valence-electron chi connectivity index (χ0n) is 9.23. The molecule has 1 atom stereocenters. The van der Waals surface area contributed by atoms with Gasteiger partial charge in [0.1, 0.15) is 0 Å². The van der Waals surface area contributed by atoms with Crippen molar-refractivity contribution < 1.29 is 12.6 Å². The number of benzene rings is 1. The van der Waals surface area contributed by atoms with E-state index in [9.17, 15) is 8.42 Å². The summed E-state index contributed by atoms with van der Waals surface area (Å²) in [4.78, 5) is 0.216. The third kappa shape index (κ3) is 3.32. The predicted molar refractivity (Wildman–Crippen MR) is 59.2 cm³/mol. The van der Waals surface area contributed by atoms with Crippen molar-refractivity contribution in [3.63, 3.8) is 0 Å². The molecule has 0 saturated carbocycles. The highest BCUT2D eigenvalue weighted by Gasteiger charge is 2.17. The first-order valence-corrected chi connectivity index (χ1v) is 6.36. The number of rotatable bonds is 4. The van der Waals surface area contributed by atoms with E-state index in [4.69, 9.17) is 4.18 Å². The summed E-state index contributed by atoms with van der Waals surface area (Å²) < 4.78 is 28.4. The fraction of sp³-hybridized carbons (Fsp3) is 0.455. The molecule has 3 nitrogen and oxygen atoms in total. The maximum Gasteiger partial charge on any atom is 0.297 e. The molecule has 0 aromatic heterocycles. The molecule has 1 rings (SSSR count). The van der Waals surface area contributed by atoms with E-state index < -0.39 is 10.1 Å². The Hall–Kier alpha value is -0.870. The largest absolute Gasteiger partial charge is 0.297 e. The molecule has 0 amide bonds. The first kappa shape index (κ1) is 12.2. The molecule has 84 valence electrons. The van der Waals surface area contributed by atoms with Crippen LogP contribution in [0.5, 0.6) is 0 Å². The van der Waals surface area contributed by atoms with Crippen molar-refractivity contribution in [3.05, 3.63) is 29.8 Å². The Labute approximate surface area is 91.2 Å². The van der Waals surface area contributed by atoms with Crippen molar-refractivity contribution >= 4 is 10.1 Å². The Morgan fingerprint density at radius 3 is 2.27 bits per heavy atom. The fourth-order valence-electron chi connectivity index (χ4n) is 1.04. The molecule has 0 aliphatic heterocycles. The maximum absolute atomic E-state index is 11.7. The summed E-state index contributed by atoms with van der Waals surface area (Å²) in [5.74, 6) is 0. The lowest BCUT2D eigenvalue weighted by Gasteiger charge is -2.10. The first-order chi connectivity index (χ1) is 6.95. The van der Waals surface area contributed by atoms with Crippen LogP contribution in [-0.4, -0.2) is 14.5 Å². The molecule has 1 aromatic carbocycles. The van der Waals surface area contributed by atoms with Crippen LogP contribution in [-0.2, 0) is 14.3 Å². The maximum atomic E-state index is 11.7. The van der Waals surface area contributed by atoms with Crippen molar-refractivity contribution in [3.8, 4) is 0 Å². The molecule has 0 bridgehead atoms. The van der Waals surface area contributed by atoms with Crippen LogP contribution >= 0.6 is 0 Å². The molecule has 0 unspecified atom stereocenters. The van der Waals surface area contributed by atoms with E-state index in [0.29, 0.717) is 6.42 Å². The van der Waals surface area contributed by atoms with Crippen molar-refractivity contribution in [1.82, 2.24) is 0 Å². The lowest BCUT2D eigenvalue weighted by molar-refractivity contribution is 0.224. The molecule has 0 spiro atoms. The molecule has 0 heterocycles. The monoisotopic (exact) mass is 228 g/mol. The van der Waals surface area contributed by atoms with Gasteiger partial charge in [0.2, 0.25) is 0 Å². The van der Waals surface area contributed by atoms with Gasteiger partial charge in [0.25, 0.3) is 10.1 Å². The Balaban J connectivity index is 2.91. The average molecular weight is 228 g/mol. The van der Waals surface area contributed by atoms with E-state index in [1.807, 2.05) is 13.8 Å². The Morgan fingerprint density at radius 2 is 1.80 bits per heavy atom. The van der Waals surface area contributed by atoms with E-state index in [-0.39, 0.29) is 11.0 Å². The summed E-state index contributed by atoms with van der Waals surface area (Å²) in [5.41, 5.74) is 1.03. The standard InChI is InChI=1S/C11H16O3S/c1-4-10(3)14-15(12,13)11-7-5-9(2)6-8-11/h5-8,10H,4H2,1-3H3/t10-/m1/s1. The lowest BCUT2D eigenvalue weighted by atomic mass is 10.2. The van der Waals surface area contributed by atoms with Crippen molar-refractivity contribution in [2.75, 3.05) is 0 Å². The summed E-state index contributed by atoms with van der Waals surface area (Å²) in [6, 6.07) is 6.64. The van der Waals surface area contributed by atoms with Crippen LogP contribution in [0.4, 0.5) is 0 Å². The second-order valence-corrected chi connectivity index (χ2v) is 5.15. The molecule has 0 aliphatic carbocycles. The Kier molecular flexibility index (Phi) is 3.88. The third-order valence-electron chi connectivity index (χ3n) is 2.18. The van der Waals surface area contributed by atoms with Crippen LogP contribution in [0.2, 0.25) is 0 Å². The van der Waals surface area contributed by atoms with E-state index >= 15 is 0 Å². The number of aryl methyl sites for hydroxylation is 1. The van der Waals surface area contributed by atoms with Gasteiger partial charge in [-0.05, 0) is 32.4 Å². The highest BCUT2D eigenvalue weighted by Crippen LogP contribution is 2.15.